The van der Waals surface area contributed by atoms with Gasteiger partial charge in [0.1, 0.15) is 18.2 Å². The lowest BCUT2D eigenvalue weighted by Crippen LogP contribution is -2.56. The Labute approximate surface area is 235 Å². The molecule has 2 fully saturated rings. The van der Waals surface area contributed by atoms with E-state index in [1.54, 1.807) is 62.4 Å². The van der Waals surface area contributed by atoms with Crippen molar-refractivity contribution in [3.8, 4) is 0 Å². The molecule has 3 atom stereocenters. The zero-order valence-corrected chi connectivity index (χ0v) is 22.3. The maximum atomic E-state index is 13.9. The van der Waals surface area contributed by atoms with Gasteiger partial charge in [0.25, 0.3) is 17.7 Å². The van der Waals surface area contributed by atoms with E-state index in [2.05, 4.69) is 0 Å². The van der Waals surface area contributed by atoms with Crippen molar-refractivity contribution >= 4 is 35.5 Å². The van der Waals surface area contributed by atoms with Crippen LogP contribution in [0.5, 0.6) is 0 Å². The van der Waals surface area contributed by atoms with Gasteiger partial charge < -0.3 is 9.47 Å². The van der Waals surface area contributed by atoms with Gasteiger partial charge in [0.15, 0.2) is 11.8 Å². The number of imide groups is 1. The highest BCUT2D eigenvalue weighted by molar-refractivity contribution is 6.23. The van der Waals surface area contributed by atoms with Crippen LogP contribution >= 0.6 is 0 Å². The lowest BCUT2D eigenvalue weighted by molar-refractivity contribution is -0.155. The minimum Gasteiger partial charge on any atom is -0.448 e. The van der Waals surface area contributed by atoms with Crippen LogP contribution in [0.25, 0.3) is 0 Å². The third-order valence-electron chi connectivity index (χ3n) is 8.46. The number of carbonyl (C=O) groups excluding carboxylic acids is 5. The fraction of sp³-hybridized carbons (Fsp3) is 0.258. The van der Waals surface area contributed by atoms with Crippen molar-refractivity contribution < 1.29 is 33.4 Å². The van der Waals surface area contributed by atoms with E-state index in [0.29, 0.717) is 11.3 Å². The predicted molar refractivity (Wildman–Crippen MR) is 143 cm³/mol. The number of benzene rings is 3. The van der Waals surface area contributed by atoms with E-state index < -0.39 is 47.2 Å². The second kappa shape index (κ2) is 8.50. The van der Waals surface area contributed by atoms with Crippen molar-refractivity contribution in [3.63, 3.8) is 0 Å². The van der Waals surface area contributed by atoms with Gasteiger partial charge in [-0.3, -0.25) is 29.1 Å². The van der Waals surface area contributed by atoms with E-state index in [9.17, 15) is 24.0 Å². The second-order valence-electron chi connectivity index (χ2n) is 11.1. The van der Waals surface area contributed by atoms with Crippen molar-refractivity contribution in [2.24, 2.45) is 0 Å². The summed E-state index contributed by atoms with van der Waals surface area (Å²) < 4.78 is 11.8. The highest BCUT2D eigenvalue weighted by Gasteiger charge is 2.72. The van der Waals surface area contributed by atoms with E-state index >= 15 is 0 Å². The topological polar surface area (TPSA) is 114 Å². The molecule has 3 unspecified atom stereocenters. The van der Waals surface area contributed by atoms with E-state index in [0.717, 1.165) is 10.5 Å². The van der Waals surface area contributed by atoms with Gasteiger partial charge >= 0.3 is 12.1 Å². The number of nitrogens with zero attached hydrogens (tertiary/aromatic N) is 3. The minimum absolute atomic E-state index is 0.0232. The Morgan fingerprint density at radius 2 is 1.46 bits per heavy atom. The summed E-state index contributed by atoms with van der Waals surface area (Å²) in [4.78, 5) is 71.6. The molecule has 1 spiro atoms. The Bertz CT molecular complexity index is 1630. The van der Waals surface area contributed by atoms with Crippen LogP contribution in [0.15, 0.2) is 78.9 Å². The van der Waals surface area contributed by atoms with Crippen LogP contribution in [0.2, 0.25) is 0 Å². The SMILES string of the molecule is CC1(C)C(=O)N2c3ccccc3C3(CC(N4C(=O)c5ccccc5C4=O)C(=O)O3)C2N1C(=O)OCc1ccccc1. The lowest BCUT2D eigenvalue weighted by Gasteiger charge is -2.38. The molecule has 3 aromatic carbocycles. The Kier molecular flexibility index (Phi) is 5.19. The molecule has 10 nitrogen and oxygen atoms in total. The summed E-state index contributed by atoms with van der Waals surface area (Å²) in [6.45, 7) is 3.21. The predicted octanol–water partition coefficient (Wildman–Crippen LogP) is 3.60. The van der Waals surface area contributed by atoms with Gasteiger partial charge in [-0.15, -0.1) is 0 Å². The van der Waals surface area contributed by atoms with Gasteiger partial charge in [-0.05, 0) is 37.6 Å². The second-order valence-corrected chi connectivity index (χ2v) is 11.1. The van der Waals surface area contributed by atoms with E-state index in [1.165, 1.54) is 9.80 Å². The van der Waals surface area contributed by atoms with Gasteiger partial charge in [-0.25, -0.2) is 9.59 Å². The van der Waals surface area contributed by atoms with Gasteiger partial charge in [-0.1, -0.05) is 60.7 Å². The Morgan fingerprint density at radius 3 is 2.15 bits per heavy atom. The summed E-state index contributed by atoms with van der Waals surface area (Å²) in [7, 11) is 0. The summed E-state index contributed by atoms with van der Waals surface area (Å²) in [6, 6.07) is 21.2. The van der Waals surface area contributed by atoms with Crippen LogP contribution in [-0.2, 0) is 31.3 Å². The maximum absolute atomic E-state index is 13.9. The number of esters is 1. The first-order valence-corrected chi connectivity index (χ1v) is 13.3. The molecule has 0 aliphatic carbocycles. The Morgan fingerprint density at radius 1 is 0.854 bits per heavy atom. The summed E-state index contributed by atoms with van der Waals surface area (Å²) in [5.74, 6) is -2.33. The van der Waals surface area contributed by atoms with E-state index in [-0.39, 0.29) is 30.1 Å². The normalized spacial score (nSPS) is 25.5. The number of hydrogen-bond acceptors (Lipinski definition) is 7. The molecule has 0 aromatic heterocycles. The molecule has 4 aliphatic heterocycles. The molecule has 0 radical (unpaired) electrons. The molecule has 4 amide bonds. The summed E-state index contributed by atoms with van der Waals surface area (Å²) in [5.41, 5.74) is -0.691. The van der Waals surface area contributed by atoms with Crippen LogP contribution in [0.1, 0.15) is 52.1 Å². The third-order valence-corrected chi connectivity index (χ3v) is 8.46. The number of carbonyl (C=O) groups is 5. The number of rotatable bonds is 3. The minimum atomic E-state index is -1.54. The molecular weight excluding hydrogens is 526 g/mol. The molecular formula is C31H25N3O7. The number of ether oxygens (including phenoxy) is 2. The number of hydrogen-bond donors (Lipinski definition) is 0. The lowest BCUT2D eigenvalue weighted by atomic mass is 9.87. The molecule has 3 aromatic rings. The fourth-order valence-corrected chi connectivity index (χ4v) is 6.56. The molecule has 0 saturated carbocycles. The summed E-state index contributed by atoms with van der Waals surface area (Å²) in [5, 5.41) is 0. The number of amides is 4. The average Bonchev–Trinajstić information content (AvgIpc) is 3.61. The average molecular weight is 552 g/mol. The van der Waals surface area contributed by atoms with Crippen molar-refractivity contribution in [3.05, 3.63) is 101 Å². The molecule has 0 bridgehead atoms. The largest absolute Gasteiger partial charge is 0.448 e. The first-order valence-electron chi connectivity index (χ1n) is 13.3. The molecule has 4 aliphatic rings. The van der Waals surface area contributed by atoms with Crippen LogP contribution in [0.4, 0.5) is 10.5 Å². The van der Waals surface area contributed by atoms with Crippen LogP contribution in [-0.4, -0.2) is 57.3 Å². The highest BCUT2D eigenvalue weighted by atomic mass is 16.6. The number of fused-ring (bicyclic) bond motifs is 6. The van der Waals surface area contributed by atoms with Crippen molar-refractivity contribution in [2.45, 2.75) is 50.2 Å². The van der Waals surface area contributed by atoms with Crippen molar-refractivity contribution in [1.82, 2.24) is 9.80 Å². The van der Waals surface area contributed by atoms with Crippen LogP contribution in [0, 0.1) is 0 Å². The van der Waals surface area contributed by atoms with Crippen molar-refractivity contribution in [2.75, 3.05) is 4.90 Å². The van der Waals surface area contributed by atoms with Crippen molar-refractivity contribution in [1.29, 1.82) is 0 Å². The molecule has 10 heteroatoms. The first-order chi connectivity index (χ1) is 19.7. The number of anilines is 1. The number of para-hydroxylation sites is 1. The van der Waals surface area contributed by atoms with E-state index in [1.807, 2.05) is 30.3 Å². The van der Waals surface area contributed by atoms with Crippen LogP contribution in [0.3, 0.4) is 0 Å². The molecule has 4 heterocycles. The zero-order valence-electron chi connectivity index (χ0n) is 22.3. The van der Waals surface area contributed by atoms with Gasteiger partial charge in [0.2, 0.25) is 0 Å². The molecule has 0 N–H and O–H groups in total. The molecule has 206 valence electrons. The summed E-state index contributed by atoms with van der Waals surface area (Å²) in [6.07, 6.45) is -1.98. The highest BCUT2D eigenvalue weighted by Crippen LogP contribution is 2.58. The zero-order chi connectivity index (χ0) is 28.7. The van der Waals surface area contributed by atoms with Gasteiger partial charge in [0.05, 0.1) is 16.8 Å². The first kappa shape index (κ1) is 25.0. The van der Waals surface area contributed by atoms with Gasteiger partial charge in [0, 0.05) is 12.0 Å². The fourth-order valence-electron chi connectivity index (χ4n) is 6.56. The Hall–Kier alpha value is -4.99. The molecule has 2 saturated heterocycles. The Balaban J connectivity index is 1.30. The molecule has 7 rings (SSSR count). The third kappa shape index (κ3) is 3.27. The quantitative estimate of drug-likeness (QED) is 0.361. The van der Waals surface area contributed by atoms with Crippen LogP contribution < -0.4 is 4.90 Å². The van der Waals surface area contributed by atoms with Gasteiger partial charge in [-0.2, -0.15) is 0 Å². The summed E-state index contributed by atoms with van der Waals surface area (Å²) >= 11 is 0. The molecule has 41 heavy (non-hydrogen) atoms. The standard InChI is InChI=1S/C31H25N3O7/c1-30(2)28(38)33-22-15-9-8-14-21(22)31(27(33)34(30)29(39)40-17-18-10-4-3-5-11-18)16-23(26(37)41-31)32-24(35)19-12-6-7-13-20(19)25(32)36/h3-15,23,27H,16-17H2,1-2H3. The monoisotopic (exact) mass is 551 g/mol. The maximum Gasteiger partial charge on any atom is 0.412 e. The van der Waals surface area contributed by atoms with E-state index in [4.69, 9.17) is 9.47 Å². The smallest absolute Gasteiger partial charge is 0.412 e.